The van der Waals surface area contributed by atoms with E-state index in [-0.39, 0.29) is 29.5 Å². The van der Waals surface area contributed by atoms with Crippen molar-refractivity contribution in [2.75, 3.05) is 6.61 Å². The van der Waals surface area contributed by atoms with Crippen LogP contribution in [-0.4, -0.2) is 32.3 Å². The molecule has 0 radical (unpaired) electrons. The molecule has 1 heterocycles. The molecule has 6 heteroatoms. The van der Waals surface area contributed by atoms with E-state index in [0.29, 0.717) is 5.92 Å². The number of esters is 1. The Kier molecular flexibility index (Phi) is 2.85. The summed E-state index contributed by atoms with van der Waals surface area (Å²) in [5.41, 5.74) is -0.288. The molecule has 2 bridgehead atoms. The van der Waals surface area contributed by atoms with Gasteiger partial charge in [0.2, 0.25) is 0 Å². The lowest BCUT2D eigenvalue weighted by Gasteiger charge is -2.48. The molecule has 2 saturated carbocycles. The fourth-order valence-corrected chi connectivity index (χ4v) is 6.64. The van der Waals surface area contributed by atoms with Gasteiger partial charge in [-0.2, -0.15) is 8.42 Å². The molecular formula is C14H22O5S. The largest absolute Gasteiger partial charge is 0.465 e. The van der Waals surface area contributed by atoms with Crippen molar-refractivity contribution < 1.29 is 22.1 Å². The van der Waals surface area contributed by atoms with E-state index in [1.54, 1.807) is 6.92 Å². The van der Waals surface area contributed by atoms with Gasteiger partial charge in [0.05, 0.1) is 12.7 Å². The van der Waals surface area contributed by atoms with Crippen molar-refractivity contribution in [2.24, 2.45) is 22.7 Å². The Morgan fingerprint density at radius 1 is 1.30 bits per heavy atom. The topological polar surface area (TPSA) is 69.7 Å². The van der Waals surface area contributed by atoms with Gasteiger partial charge >= 0.3 is 5.97 Å². The standard InChI is InChI=1S/C14H22O5S/c1-5-18-12(15)11-9-6-8-7-10(19-20(11,16)17)14(9,4)13(8,2)3/h8-11H,5-7H2,1-4H3/t8-,9+,10+,11?,14+/m1/s1. The van der Waals surface area contributed by atoms with Crippen LogP contribution in [0, 0.1) is 22.7 Å². The SMILES string of the molecule is CCOC(=O)C1[C@@H]2C[C@@H]3C[C@H](OS1(=O)=O)[C@@]2(C)C3(C)C. The summed E-state index contributed by atoms with van der Waals surface area (Å²) in [5, 5.41) is -1.16. The monoisotopic (exact) mass is 302 g/mol. The lowest BCUT2D eigenvalue weighted by Crippen LogP contribution is -2.57. The highest BCUT2D eigenvalue weighted by Gasteiger charge is 2.74. The average Bonchev–Trinajstić information content (AvgIpc) is 2.59. The number of fused-ring (bicyclic) bond motifs is 1. The molecule has 0 aromatic rings. The van der Waals surface area contributed by atoms with Crippen LogP contribution in [0.4, 0.5) is 0 Å². The molecule has 0 aromatic carbocycles. The number of rotatable bonds is 2. The van der Waals surface area contributed by atoms with Crippen LogP contribution in [0.25, 0.3) is 0 Å². The Bertz CT molecular complexity index is 552. The van der Waals surface area contributed by atoms with Crippen LogP contribution in [-0.2, 0) is 23.8 Å². The predicted molar refractivity (Wildman–Crippen MR) is 72.3 cm³/mol. The Labute approximate surface area is 120 Å². The number of carbonyl (C=O) groups is 1. The van der Waals surface area contributed by atoms with Gasteiger partial charge in [-0.05, 0) is 37.0 Å². The van der Waals surface area contributed by atoms with E-state index < -0.39 is 21.3 Å². The van der Waals surface area contributed by atoms with Gasteiger partial charge in [0, 0.05) is 5.41 Å². The van der Waals surface area contributed by atoms with Crippen LogP contribution in [0.15, 0.2) is 0 Å². The number of hydrogen-bond donors (Lipinski definition) is 0. The third kappa shape index (κ3) is 1.47. The fourth-order valence-electron chi connectivity index (χ4n) is 4.82. The molecule has 20 heavy (non-hydrogen) atoms. The molecule has 0 spiro atoms. The lowest BCUT2D eigenvalue weighted by atomic mass is 9.64. The minimum Gasteiger partial charge on any atom is -0.465 e. The van der Waals surface area contributed by atoms with E-state index >= 15 is 0 Å². The van der Waals surface area contributed by atoms with Crippen molar-refractivity contribution in [3.8, 4) is 0 Å². The van der Waals surface area contributed by atoms with Gasteiger partial charge in [0.15, 0.2) is 5.25 Å². The van der Waals surface area contributed by atoms with Crippen LogP contribution in [0.3, 0.4) is 0 Å². The molecule has 1 aliphatic heterocycles. The maximum atomic E-state index is 12.3. The Hall–Kier alpha value is -0.620. The zero-order chi connectivity index (χ0) is 14.9. The second-order valence-corrected chi connectivity index (χ2v) is 8.72. The summed E-state index contributed by atoms with van der Waals surface area (Å²) in [6, 6.07) is 0. The summed E-state index contributed by atoms with van der Waals surface area (Å²) >= 11 is 0. The molecule has 0 N–H and O–H groups in total. The lowest BCUT2D eigenvalue weighted by molar-refractivity contribution is -0.147. The first-order valence-corrected chi connectivity index (χ1v) is 8.72. The molecule has 1 unspecified atom stereocenters. The zero-order valence-corrected chi connectivity index (χ0v) is 13.2. The predicted octanol–water partition coefficient (Wildman–Crippen LogP) is 1.72. The third-order valence-electron chi connectivity index (χ3n) is 6.33. The van der Waals surface area contributed by atoms with Crippen molar-refractivity contribution in [3.05, 3.63) is 0 Å². The zero-order valence-electron chi connectivity index (χ0n) is 12.4. The van der Waals surface area contributed by atoms with Crippen LogP contribution >= 0.6 is 0 Å². The number of ether oxygens (including phenoxy) is 1. The van der Waals surface area contributed by atoms with Gasteiger partial charge in [0.1, 0.15) is 0 Å². The summed E-state index contributed by atoms with van der Waals surface area (Å²) in [6.45, 7) is 8.28. The molecule has 5 nitrogen and oxygen atoms in total. The third-order valence-corrected chi connectivity index (χ3v) is 7.97. The van der Waals surface area contributed by atoms with Crippen molar-refractivity contribution in [1.29, 1.82) is 0 Å². The van der Waals surface area contributed by atoms with Crippen molar-refractivity contribution >= 4 is 16.1 Å². The highest BCUT2D eigenvalue weighted by Crippen LogP contribution is 2.71. The Balaban J connectivity index is 2.07. The van der Waals surface area contributed by atoms with E-state index in [1.807, 2.05) is 0 Å². The second-order valence-electron chi connectivity index (χ2n) is 7.03. The first kappa shape index (κ1) is 14.3. The first-order valence-electron chi connectivity index (χ1n) is 7.25. The van der Waals surface area contributed by atoms with Gasteiger partial charge < -0.3 is 4.74 Å². The normalized spacial score (nSPS) is 47.2. The van der Waals surface area contributed by atoms with Crippen LogP contribution in [0.2, 0.25) is 0 Å². The minimum atomic E-state index is -3.87. The maximum Gasteiger partial charge on any atom is 0.327 e. The molecule has 0 aromatic heterocycles. The van der Waals surface area contributed by atoms with Crippen molar-refractivity contribution in [1.82, 2.24) is 0 Å². The molecular weight excluding hydrogens is 280 g/mol. The minimum absolute atomic E-state index is 0.0109. The summed E-state index contributed by atoms with van der Waals surface area (Å²) in [5.74, 6) is -0.436. The van der Waals surface area contributed by atoms with E-state index in [0.717, 1.165) is 12.8 Å². The van der Waals surface area contributed by atoms with Gasteiger partial charge in [-0.3, -0.25) is 8.98 Å². The maximum absolute atomic E-state index is 12.3. The highest BCUT2D eigenvalue weighted by molar-refractivity contribution is 7.88. The van der Waals surface area contributed by atoms with E-state index in [9.17, 15) is 13.2 Å². The van der Waals surface area contributed by atoms with Gasteiger partial charge in [0.25, 0.3) is 10.1 Å². The quantitative estimate of drug-likeness (QED) is 0.574. The van der Waals surface area contributed by atoms with Crippen molar-refractivity contribution in [2.45, 2.75) is 51.9 Å². The molecule has 3 fully saturated rings. The van der Waals surface area contributed by atoms with E-state index in [1.165, 1.54) is 0 Å². The summed E-state index contributed by atoms with van der Waals surface area (Å²) in [4.78, 5) is 12.1. The molecule has 1 saturated heterocycles. The average molecular weight is 302 g/mol. The number of hydrogen-bond acceptors (Lipinski definition) is 5. The highest BCUT2D eigenvalue weighted by atomic mass is 32.2. The Morgan fingerprint density at radius 3 is 2.50 bits per heavy atom. The van der Waals surface area contributed by atoms with Crippen molar-refractivity contribution in [3.63, 3.8) is 0 Å². The van der Waals surface area contributed by atoms with Gasteiger partial charge in [-0.25, -0.2) is 0 Å². The first-order chi connectivity index (χ1) is 9.16. The molecule has 114 valence electrons. The summed E-state index contributed by atoms with van der Waals surface area (Å²) in [7, 11) is -3.87. The van der Waals surface area contributed by atoms with Crippen LogP contribution in [0.1, 0.15) is 40.5 Å². The summed E-state index contributed by atoms with van der Waals surface area (Å²) < 4.78 is 35.0. The molecule has 3 aliphatic rings. The summed E-state index contributed by atoms with van der Waals surface area (Å²) in [6.07, 6.45) is 1.25. The van der Waals surface area contributed by atoms with E-state index in [2.05, 4.69) is 20.8 Å². The second kappa shape index (κ2) is 3.97. The Morgan fingerprint density at radius 2 is 1.95 bits per heavy atom. The fraction of sp³-hybridized carbons (Fsp3) is 0.929. The van der Waals surface area contributed by atoms with Crippen LogP contribution in [0.5, 0.6) is 0 Å². The molecule has 3 rings (SSSR count). The molecule has 2 aliphatic carbocycles. The van der Waals surface area contributed by atoms with Gasteiger partial charge in [-0.15, -0.1) is 0 Å². The number of carbonyl (C=O) groups excluding carboxylic acids is 1. The van der Waals surface area contributed by atoms with E-state index in [4.69, 9.17) is 8.92 Å². The molecule has 5 atom stereocenters. The molecule has 0 amide bonds. The van der Waals surface area contributed by atoms with Crippen LogP contribution < -0.4 is 0 Å². The smallest absolute Gasteiger partial charge is 0.327 e. The van der Waals surface area contributed by atoms with Gasteiger partial charge in [-0.1, -0.05) is 20.8 Å².